The van der Waals surface area contributed by atoms with E-state index in [0.29, 0.717) is 6.61 Å². The Bertz CT molecular complexity index is 904. The van der Waals surface area contributed by atoms with Gasteiger partial charge in [-0.05, 0) is 23.8 Å². The number of hydrogen-bond donors (Lipinski definition) is 2. The molecule has 7 heteroatoms. The van der Waals surface area contributed by atoms with E-state index in [1.807, 2.05) is 43.3 Å². The molecule has 3 rings (SSSR count). The summed E-state index contributed by atoms with van der Waals surface area (Å²) >= 11 is 0. The maximum atomic E-state index is 11.1. The molecule has 116 valence electrons. The van der Waals surface area contributed by atoms with E-state index in [1.165, 1.54) is 6.20 Å². The summed E-state index contributed by atoms with van der Waals surface area (Å²) in [4.78, 5) is 14.8. The van der Waals surface area contributed by atoms with Gasteiger partial charge in [-0.1, -0.05) is 30.3 Å². The van der Waals surface area contributed by atoms with Gasteiger partial charge in [-0.3, -0.25) is 5.43 Å². The van der Waals surface area contributed by atoms with Crippen LogP contribution >= 0.6 is 0 Å². The van der Waals surface area contributed by atoms with E-state index >= 15 is 0 Å². The van der Waals surface area contributed by atoms with Crippen LogP contribution in [0.5, 0.6) is 5.75 Å². The second kappa shape index (κ2) is 6.69. The van der Waals surface area contributed by atoms with Crippen LogP contribution in [-0.4, -0.2) is 28.0 Å². The number of hydrazone groups is 1. The van der Waals surface area contributed by atoms with Gasteiger partial charge in [-0.2, -0.15) is 15.2 Å². The zero-order chi connectivity index (χ0) is 16.1. The number of nitrogens with zero attached hydrogens (tertiary/aromatic N) is 3. The normalized spacial score (nSPS) is 11.0. The van der Waals surface area contributed by atoms with Gasteiger partial charge in [-0.15, -0.1) is 0 Å². The SMILES string of the molecule is CCOc1ccc2ccccc2c1C=NNc1cn[nH]c(=O)n1. The van der Waals surface area contributed by atoms with E-state index in [9.17, 15) is 4.79 Å². The Labute approximate surface area is 132 Å². The van der Waals surface area contributed by atoms with Gasteiger partial charge in [0.05, 0.1) is 19.0 Å². The molecular weight excluding hydrogens is 294 g/mol. The first-order valence-corrected chi connectivity index (χ1v) is 7.13. The van der Waals surface area contributed by atoms with E-state index in [-0.39, 0.29) is 5.82 Å². The average molecular weight is 309 g/mol. The average Bonchev–Trinajstić information content (AvgIpc) is 2.57. The topological polar surface area (TPSA) is 92.3 Å². The highest BCUT2D eigenvalue weighted by atomic mass is 16.5. The number of anilines is 1. The molecule has 0 saturated carbocycles. The van der Waals surface area contributed by atoms with Crippen molar-refractivity contribution in [2.24, 2.45) is 5.10 Å². The van der Waals surface area contributed by atoms with E-state index in [1.54, 1.807) is 6.21 Å². The van der Waals surface area contributed by atoms with Crippen molar-refractivity contribution in [1.29, 1.82) is 0 Å². The van der Waals surface area contributed by atoms with Crippen molar-refractivity contribution in [2.45, 2.75) is 6.92 Å². The van der Waals surface area contributed by atoms with Gasteiger partial charge in [0.1, 0.15) is 5.75 Å². The van der Waals surface area contributed by atoms with Gasteiger partial charge < -0.3 is 4.74 Å². The molecule has 23 heavy (non-hydrogen) atoms. The molecule has 0 aliphatic rings. The number of ether oxygens (including phenoxy) is 1. The molecule has 0 unspecified atom stereocenters. The molecule has 1 heterocycles. The fourth-order valence-electron chi connectivity index (χ4n) is 2.22. The fourth-order valence-corrected chi connectivity index (χ4v) is 2.22. The molecule has 0 amide bonds. The van der Waals surface area contributed by atoms with Crippen LogP contribution in [0.15, 0.2) is 52.5 Å². The van der Waals surface area contributed by atoms with Crippen LogP contribution < -0.4 is 15.9 Å². The summed E-state index contributed by atoms with van der Waals surface area (Å²) in [6, 6.07) is 11.9. The molecule has 3 aromatic rings. The van der Waals surface area contributed by atoms with Crippen molar-refractivity contribution in [3.05, 3.63) is 58.6 Å². The lowest BCUT2D eigenvalue weighted by atomic mass is 10.0. The number of rotatable bonds is 5. The summed E-state index contributed by atoms with van der Waals surface area (Å²) in [7, 11) is 0. The van der Waals surface area contributed by atoms with Crippen molar-refractivity contribution in [3.63, 3.8) is 0 Å². The number of aromatic amines is 1. The molecule has 0 fully saturated rings. The molecule has 2 N–H and O–H groups in total. The van der Waals surface area contributed by atoms with E-state index in [0.717, 1.165) is 22.1 Å². The standard InChI is InChI=1S/C16H15N5O2/c1-2-23-14-8-7-11-5-3-4-6-12(11)13(14)9-17-20-15-10-18-21-16(22)19-15/h3-10H,2H2,1H3,(H2,19,20,21,22). The minimum atomic E-state index is -0.537. The fraction of sp³-hybridized carbons (Fsp3) is 0.125. The van der Waals surface area contributed by atoms with Crippen LogP contribution in [-0.2, 0) is 0 Å². The summed E-state index contributed by atoms with van der Waals surface area (Å²) in [5.74, 6) is 1.01. The van der Waals surface area contributed by atoms with Crippen molar-refractivity contribution in [2.75, 3.05) is 12.0 Å². The third-order valence-corrected chi connectivity index (χ3v) is 3.17. The molecule has 2 aromatic carbocycles. The second-order valence-corrected chi connectivity index (χ2v) is 4.67. The number of aromatic nitrogens is 3. The predicted octanol–water partition coefficient (Wildman–Crippen LogP) is 2.16. The van der Waals surface area contributed by atoms with Crippen LogP contribution in [0.25, 0.3) is 10.8 Å². The molecule has 0 radical (unpaired) electrons. The minimum Gasteiger partial charge on any atom is -0.493 e. The summed E-state index contributed by atoms with van der Waals surface area (Å²) in [6.07, 6.45) is 3.03. The van der Waals surface area contributed by atoms with Gasteiger partial charge in [0.15, 0.2) is 5.82 Å². The first kappa shape index (κ1) is 14.7. The Hall–Kier alpha value is -3.22. The predicted molar refractivity (Wildman–Crippen MR) is 89.0 cm³/mol. The molecule has 0 bridgehead atoms. The van der Waals surface area contributed by atoms with Crippen LogP contribution in [0.4, 0.5) is 5.82 Å². The molecular formula is C16H15N5O2. The highest BCUT2D eigenvalue weighted by Gasteiger charge is 2.06. The largest absolute Gasteiger partial charge is 0.493 e. The van der Waals surface area contributed by atoms with Gasteiger partial charge >= 0.3 is 5.69 Å². The number of H-pyrrole nitrogens is 1. The lowest BCUT2D eigenvalue weighted by Gasteiger charge is -2.10. The molecule has 0 aliphatic heterocycles. The lowest BCUT2D eigenvalue weighted by molar-refractivity contribution is 0.340. The molecule has 7 nitrogen and oxygen atoms in total. The number of hydrogen-bond acceptors (Lipinski definition) is 6. The summed E-state index contributed by atoms with van der Waals surface area (Å²) in [5.41, 5.74) is 3.01. The summed E-state index contributed by atoms with van der Waals surface area (Å²) in [5, 5.41) is 12.1. The zero-order valence-electron chi connectivity index (χ0n) is 12.5. The molecule has 0 aliphatic carbocycles. The maximum absolute atomic E-state index is 11.1. The number of fused-ring (bicyclic) bond motifs is 1. The summed E-state index contributed by atoms with van der Waals surface area (Å²) in [6.45, 7) is 2.49. The molecule has 0 spiro atoms. The smallest absolute Gasteiger partial charge is 0.363 e. The highest BCUT2D eigenvalue weighted by Crippen LogP contribution is 2.26. The Morgan fingerprint density at radius 1 is 1.30 bits per heavy atom. The van der Waals surface area contributed by atoms with E-state index < -0.39 is 5.69 Å². The van der Waals surface area contributed by atoms with Crippen molar-refractivity contribution >= 4 is 22.8 Å². The molecule has 0 saturated heterocycles. The highest BCUT2D eigenvalue weighted by molar-refractivity contribution is 6.02. The first-order valence-electron chi connectivity index (χ1n) is 7.13. The molecule has 0 atom stereocenters. The van der Waals surface area contributed by atoms with Gasteiger partial charge in [0.25, 0.3) is 0 Å². The monoisotopic (exact) mass is 309 g/mol. The Morgan fingerprint density at radius 2 is 2.17 bits per heavy atom. The number of benzene rings is 2. The van der Waals surface area contributed by atoms with Gasteiger partial charge in [0.2, 0.25) is 0 Å². The van der Waals surface area contributed by atoms with Crippen LogP contribution in [0, 0.1) is 0 Å². The second-order valence-electron chi connectivity index (χ2n) is 4.67. The van der Waals surface area contributed by atoms with E-state index in [2.05, 4.69) is 25.7 Å². The van der Waals surface area contributed by atoms with Crippen LogP contribution in [0.3, 0.4) is 0 Å². The van der Waals surface area contributed by atoms with Crippen LogP contribution in [0.1, 0.15) is 12.5 Å². The Morgan fingerprint density at radius 3 is 3.00 bits per heavy atom. The van der Waals surface area contributed by atoms with Crippen LogP contribution in [0.2, 0.25) is 0 Å². The third kappa shape index (κ3) is 3.34. The lowest BCUT2D eigenvalue weighted by Crippen LogP contribution is -2.13. The first-order chi connectivity index (χ1) is 11.3. The third-order valence-electron chi connectivity index (χ3n) is 3.17. The molecule has 1 aromatic heterocycles. The summed E-state index contributed by atoms with van der Waals surface area (Å²) < 4.78 is 5.66. The van der Waals surface area contributed by atoms with Crippen molar-refractivity contribution in [1.82, 2.24) is 15.2 Å². The van der Waals surface area contributed by atoms with Crippen molar-refractivity contribution < 1.29 is 4.74 Å². The quantitative estimate of drug-likeness (QED) is 0.556. The van der Waals surface area contributed by atoms with Gasteiger partial charge in [0, 0.05) is 5.56 Å². The number of nitrogens with one attached hydrogen (secondary N) is 2. The zero-order valence-corrected chi connectivity index (χ0v) is 12.5. The Balaban J connectivity index is 1.95. The maximum Gasteiger partial charge on any atom is 0.363 e. The Kier molecular flexibility index (Phi) is 4.28. The van der Waals surface area contributed by atoms with Crippen molar-refractivity contribution in [3.8, 4) is 5.75 Å². The van der Waals surface area contributed by atoms with E-state index in [4.69, 9.17) is 4.74 Å². The minimum absolute atomic E-state index is 0.267. The van der Waals surface area contributed by atoms with Gasteiger partial charge in [-0.25, -0.2) is 9.89 Å².